The summed E-state index contributed by atoms with van der Waals surface area (Å²) in [6, 6.07) is 20.7. The number of halogens is 3. The van der Waals surface area contributed by atoms with E-state index in [9.17, 15) is 18.0 Å². The minimum Gasteiger partial charge on any atom is -0.457 e. The molecular weight excluding hydrogens is 389 g/mol. The summed E-state index contributed by atoms with van der Waals surface area (Å²) < 4.78 is 55.9. The quantitative estimate of drug-likeness (QED) is 0.367. The highest BCUT2D eigenvalue weighted by molar-refractivity contribution is 5.64. The first kappa shape index (κ1) is 20.1. The second-order valence-corrected chi connectivity index (χ2v) is 5.72. The van der Waals surface area contributed by atoms with Gasteiger partial charge in [-0.05, 0) is 42.0 Å². The zero-order chi connectivity index (χ0) is 20.7. The third-order valence-corrected chi connectivity index (χ3v) is 3.50. The molecule has 0 saturated carbocycles. The fourth-order valence-electron chi connectivity index (χ4n) is 2.28. The molecule has 0 aromatic heterocycles. The maximum absolute atomic E-state index is 12.2. The van der Waals surface area contributed by atoms with E-state index in [0.29, 0.717) is 17.1 Å². The first-order chi connectivity index (χ1) is 13.9. The molecule has 0 aliphatic heterocycles. The summed E-state index contributed by atoms with van der Waals surface area (Å²) in [5.74, 6) is 0.668. The lowest BCUT2D eigenvalue weighted by atomic mass is 10.2. The Hall–Kier alpha value is -3.68. The summed E-state index contributed by atoms with van der Waals surface area (Å²) in [5, 5.41) is 0. The Morgan fingerprint density at radius 2 is 1.38 bits per heavy atom. The first-order valence-electron chi connectivity index (χ1n) is 8.40. The van der Waals surface area contributed by atoms with Gasteiger partial charge < -0.3 is 18.9 Å². The van der Waals surface area contributed by atoms with E-state index in [1.807, 2.05) is 30.3 Å². The molecule has 0 aliphatic rings. The summed E-state index contributed by atoms with van der Waals surface area (Å²) in [4.78, 5) is 11.8. The third kappa shape index (κ3) is 6.76. The Morgan fingerprint density at radius 3 is 2.07 bits per heavy atom. The van der Waals surface area contributed by atoms with Crippen LogP contribution in [0.5, 0.6) is 23.0 Å². The Balaban J connectivity index is 1.50. The van der Waals surface area contributed by atoms with E-state index in [-0.39, 0.29) is 12.4 Å². The van der Waals surface area contributed by atoms with Crippen molar-refractivity contribution in [2.45, 2.75) is 13.0 Å². The molecule has 0 spiro atoms. The van der Waals surface area contributed by atoms with E-state index < -0.39 is 18.3 Å². The molecular formula is C21H15F3O5. The largest absolute Gasteiger partial charge is 0.573 e. The lowest BCUT2D eigenvalue weighted by Crippen LogP contribution is -2.17. The summed E-state index contributed by atoms with van der Waals surface area (Å²) >= 11 is 0. The van der Waals surface area contributed by atoms with Crippen LogP contribution in [0.3, 0.4) is 0 Å². The topological polar surface area (TPSA) is 54.0 Å². The number of hydrogen-bond donors (Lipinski definition) is 0. The zero-order valence-electron chi connectivity index (χ0n) is 14.9. The number of benzene rings is 3. The second-order valence-electron chi connectivity index (χ2n) is 5.72. The lowest BCUT2D eigenvalue weighted by molar-refractivity contribution is -0.274. The minimum atomic E-state index is -4.84. The predicted molar refractivity (Wildman–Crippen MR) is 96.9 cm³/mol. The Morgan fingerprint density at radius 1 is 0.759 bits per heavy atom. The second kappa shape index (κ2) is 9.01. The molecule has 3 aromatic carbocycles. The van der Waals surface area contributed by atoms with Crippen LogP contribution in [0.15, 0.2) is 78.9 Å². The van der Waals surface area contributed by atoms with Gasteiger partial charge in [0, 0.05) is 6.07 Å². The van der Waals surface area contributed by atoms with Crippen LogP contribution in [-0.2, 0) is 11.3 Å². The van der Waals surface area contributed by atoms with Gasteiger partial charge in [0.1, 0.15) is 29.6 Å². The van der Waals surface area contributed by atoms with Gasteiger partial charge in [0.15, 0.2) is 0 Å². The van der Waals surface area contributed by atoms with Crippen LogP contribution in [0, 0.1) is 0 Å². The van der Waals surface area contributed by atoms with E-state index in [4.69, 9.17) is 14.2 Å². The van der Waals surface area contributed by atoms with Crippen molar-refractivity contribution in [2.75, 3.05) is 0 Å². The molecule has 8 heteroatoms. The Bertz CT molecular complexity index is 941. The summed E-state index contributed by atoms with van der Waals surface area (Å²) in [7, 11) is 0. The average Bonchev–Trinajstić information content (AvgIpc) is 2.67. The summed E-state index contributed by atoms with van der Waals surface area (Å²) in [6.07, 6.45) is -5.89. The van der Waals surface area contributed by atoms with Crippen molar-refractivity contribution < 1.29 is 36.9 Å². The fourth-order valence-corrected chi connectivity index (χ4v) is 2.28. The molecule has 5 nitrogen and oxygen atoms in total. The summed E-state index contributed by atoms with van der Waals surface area (Å²) in [6.45, 7) is -0.0802. The van der Waals surface area contributed by atoms with E-state index in [0.717, 1.165) is 12.1 Å². The Labute approximate surface area is 164 Å². The van der Waals surface area contributed by atoms with Crippen LogP contribution in [-0.4, -0.2) is 12.5 Å². The molecule has 3 rings (SSSR count). The van der Waals surface area contributed by atoms with Crippen molar-refractivity contribution in [1.29, 1.82) is 0 Å². The molecule has 0 unspecified atom stereocenters. The van der Waals surface area contributed by atoms with Crippen molar-refractivity contribution in [3.8, 4) is 23.0 Å². The van der Waals surface area contributed by atoms with Gasteiger partial charge in [-0.25, -0.2) is 4.79 Å². The van der Waals surface area contributed by atoms with Crippen LogP contribution < -0.4 is 14.2 Å². The number of hydrogen-bond acceptors (Lipinski definition) is 5. The monoisotopic (exact) mass is 404 g/mol. The zero-order valence-corrected chi connectivity index (χ0v) is 14.9. The normalized spacial score (nSPS) is 10.9. The predicted octanol–water partition coefficient (Wildman–Crippen LogP) is 6.09. The molecule has 150 valence electrons. The number of carbonyl (C=O) groups excluding carboxylic acids is 1. The molecule has 0 heterocycles. The molecule has 0 bridgehead atoms. The maximum Gasteiger partial charge on any atom is 0.573 e. The van der Waals surface area contributed by atoms with Gasteiger partial charge in [-0.1, -0.05) is 36.4 Å². The van der Waals surface area contributed by atoms with Crippen LogP contribution in [0.2, 0.25) is 0 Å². The van der Waals surface area contributed by atoms with E-state index in [1.54, 1.807) is 24.3 Å². The fraction of sp³-hybridized carbons (Fsp3) is 0.0952. The number of ether oxygens (including phenoxy) is 4. The number of para-hydroxylation sites is 1. The molecule has 0 amide bonds. The van der Waals surface area contributed by atoms with Gasteiger partial charge in [0.25, 0.3) is 0 Å². The van der Waals surface area contributed by atoms with Crippen molar-refractivity contribution in [3.05, 3.63) is 84.4 Å². The first-order valence-corrected chi connectivity index (χ1v) is 8.40. The van der Waals surface area contributed by atoms with Crippen molar-refractivity contribution in [2.24, 2.45) is 0 Å². The van der Waals surface area contributed by atoms with E-state index >= 15 is 0 Å². The molecule has 29 heavy (non-hydrogen) atoms. The van der Waals surface area contributed by atoms with Crippen molar-refractivity contribution in [3.63, 3.8) is 0 Å². The van der Waals surface area contributed by atoms with Gasteiger partial charge in [0.05, 0.1) is 0 Å². The Kier molecular flexibility index (Phi) is 6.23. The summed E-state index contributed by atoms with van der Waals surface area (Å²) in [5.41, 5.74) is 0.677. The van der Waals surface area contributed by atoms with Gasteiger partial charge >= 0.3 is 12.5 Å². The molecule has 3 aromatic rings. The van der Waals surface area contributed by atoms with Crippen LogP contribution in [0.4, 0.5) is 18.0 Å². The number of carbonyl (C=O) groups is 1. The van der Waals surface area contributed by atoms with Gasteiger partial charge in [0.2, 0.25) is 0 Å². The molecule has 0 N–H and O–H groups in total. The van der Waals surface area contributed by atoms with Gasteiger partial charge in [-0.15, -0.1) is 13.2 Å². The van der Waals surface area contributed by atoms with E-state index in [2.05, 4.69) is 4.74 Å². The van der Waals surface area contributed by atoms with Crippen molar-refractivity contribution in [1.82, 2.24) is 0 Å². The van der Waals surface area contributed by atoms with Crippen LogP contribution >= 0.6 is 0 Å². The number of alkyl halides is 3. The maximum atomic E-state index is 12.2. The van der Waals surface area contributed by atoms with Crippen LogP contribution in [0.1, 0.15) is 5.56 Å². The molecule has 0 atom stereocenters. The smallest absolute Gasteiger partial charge is 0.457 e. The van der Waals surface area contributed by atoms with E-state index in [1.165, 1.54) is 12.1 Å². The standard InChI is InChI=1S/C21H15F3O5/c22-21(23,24)29-19-8-4-7-18(13-19)28-20(25)26-14-15-9-11-17(12-10-15)27-16-5-2-1-3-6-16/h1-13H,14H2. The lowest BCUT2D eigenvalue weighted by Gasteiger charge is -2.10. The third-order valence-electron chi connectivity index (χ3n) is 3.50. The van der Waals surface area contributed by atoms with Gasteiger partial charge in [-0.3, -0.25) is 0 Å². The highest BCUT2D eigenvalue weighted by Crippen LogP contribution is 2.26. The van der Waals surface area contributed by atoms with Crippen LogP contribution in [0.25, 0.3) is 0 Å². The van der Waals surface area contributed by atoms with Crippen molar-refractivity contribution >= 4 is 6.16 Å². The number of rotatable bonds is 6. The SMILES string of the molecule is O=C(OCc1ccc(Oc2ccccc2)cc1)Oc1cccc(OC(F)(F)F)c1. The van der Waals surface area contributed by atoms with Gasteiger partial charge in [-0.2, -0.15) is 0 Å². The molecule has 0 aliphatic carbocycles. The molecule has 0 radical (unpaired) electrons. The average molecular weight is 404 g/mol. The highest BCUT2D eigenvalue weighted by Gasteiger charge is 2.31. The minimum absolute atomic E-state index is 0.0802. The highest BCUT2D eigenvalue weighted by atomic mass is 19.4. The molecule has 0 saturated heterocycles. The molecule has 0 fully saturated rings.